The lowest BCUT2D eigenvalue weighted by molar-refractivity contribution is -0.385. The van der Waals surface area contributed by atoms with Crippen molar-refractivity contribution in [2.45, 2.75) is 12.1 Å². The van der Waals surface area contributed by atoms with Crippen molar-refractivity contribution in [1.82, 2.24) is 9.88 Å². The molecule has 0 radical (unpaired) electrons. The molecule has 7 heteroatoms. The van der Waals surface area contributed by atoms with Crippen LogP contribution in [-0.4, -0.2) is 33.7 Å². The molecule has 1 unspecified atom stereocenters. The van der Waals surface area contributed by atoms with Crippen LogP contribution in [0.2, 0.25) is 0 Å². The number of nitro groups is 1. The van der Waals surface area contributed by atoms with Crippen LogP contribution in [0.3, 0.4) is 0 Å². The van der Waals surface area contributed by atoms with Crippen LogP contribution in [0, 0.1) is 10.1 Å². The fraction of sp³-hybridized carbons (Fsp3) is 0.182. The van der Waals surface area contributed by atoms with Crippen LogP contribution in [0.5, 0.6) is 0 Å². The van der Waals surface area contributed by atoms with Crippen molar-refractivity contribution in [3.05, 3.63) is 99.9 Å². The average molecular weight is 385 g/mol. The lowest BCUT2D eigenvalue weighted by Crippen LogP contribution is -2.59. The predicted molar refractivity (Wildman–Crippen MR) is 111 cm³/mol. The summed E-state index contributed by atoms with van der Waals surface area (Å²) in [7, 11) is 0. The standard InChI is InChI=1S/C22H19N5O2/c28-27(29)18-6-3-5-17(15-18)22(16-9-12-23-13-10-16)25-20-8-2-1-7-19(20)21-24-11-4-14-26(21)22/h1-3,5-10,12-13,15,25H,4,11,14H2. The van der Waals surface area contributed by atoms with Crippen LogP contribution in [0.4, 0.5) is 11.4 Å². The number of aliphatic imine (C=N–C) groups is 1. The number of para-hydroxylation sites is 1. The number of anilines is 1. The summed E-state index contributed by atoms with van der Waals surface area (Å²) in [6.07, 6.45) is 4.41. The van der Waals surface area contributed by atoms with Gasteiger partial charge in [0, 0.05) is 60.0 Å². The average Bonchev–Trinajstić information content (AvgIpc) is 2.79. The third-order valence-corrected chi connectivity index (χ3v) is 5.52. The zero-order chi connectivity index (χ0) is 19.8. The molecule has 0 saturated heterocycles. The molecule has 5 rings (SSSR count). The Balaban J connectivity index is 1.82. The highest BCUT2D eigenvalue weighted by Gasteiger charge is 2.47. The molecule has 3 aromatic rings. The molecule has 1 aromatic heterocycles. The molecule has 0 fully saturated rings. The fourth-order valence-corrected chi connectivity index (χ4v) is 4.27. The van der Waals surface area contributed by atoms with Crippen LogP contribution >= 0.6 is 0 Å². The first-order valence-electron chi connectivity index (χ1n) is 9.55. The van der Waals surface area contributed by atoms with Crippen LogP contribution in [-0.2, 0) is 5.66 Å². The van der Waals surface area contributed by atoms with E-state index in [1.54, 1.807) is 24.5 Å². The van der Waals surface area contributed by atoms with E-state index in [0.717, 1.165) is 47.7 Å². The molecule has 0 amide bonds. The van der Waals surface area contributed by atoms with Gasteiger partial charge in [0.25, 0.3) is 5.69 Å². The highest BCUT2D eigenvalue weighted by atomic mass is 16.6. The zero-order valence-electron chi connectivity index (χ0n) is 15.7. The zero-order valence-corrected chi connectivity index (χ0v) is 15.7. The van der Waals surface area contributed by atoms with Gasteiger partial charge in [-0.2, -0.15) is 0 Å². The van der Waals surface area contributed by atoms with Gasteiger partial charge in [-0.3, -0.25) is 20.1 Å². The molecule has 2 aromatic carbocycles. The summed E-state index contributed by atoms with van der Waals surface area (Å²) in [5.41, 5.74) is 2.99. The second-order valence-corrected chi connectivity index (χ2v) is 7.13. The number of nitrogens with zero attached hydrogens (tertiary/aromatic N) is 4. The number of pyridine rings is 1. The summed E-state index contributed by atoms with van der Waals surface area (Å²) in [5, 5.41) is 15.2. The smallest absolute Gasteiger partial charge is 0.269 e. The van der Waals surface area contributed by atoms with Crippen molar-refractivity contribution >= 4 is 17.2 Å². The molecule has 29 heavy (non-hydrogen) atoms. The summed E-state index contributed by atoms with van der Waals surface area (Å²) in [5.74, 6) is 0.911. The van der Waals surface area contributed by atoms with Crippen molar-refractivity contribution < 1.29 is 4.92 Å². The molecule has 2 aliphatic rings. The highest BCUT2D eigenvalue weighted by molar-refractivity contribution is 6.06. The van der Waals surface area contributed by atoms with Gasteiger partial charge in [0.2, 0.25) is 0 Å². The SMILES string of the molecule is O=[N+]([O-])c1cccc(C2(c3ccncc3)Nc3ccccc3C3=NCCCN32)c1. The second kappa shape index (κ2) is 6.70. The van der Waals surface area contributed by atoms with Gasteiger partial charge < -0.3 is 10.2 Å². The Morgan fingerprint density at radius 2 is 1.86 bits per heavy atom. The molecule has 0 spiro atoms. The summed E-state index contributed by atoms with van der Waals surface area (Å²) in [4.78, 5) is 22.4. The minimum absolute atomic E-state index is 0.0621. The van der Waals surface area contributed by atoms with E-state index >= 15 is 0 Å². The molecule has 0 saturated carbocycles. The monoisotopic (exact) mass is 385 g/mol. The molecule has 1 atom stereocenters. The van der Waals surface area contributed by atoms with Gasteiger partial charge in [0.05, 0.1) is 4.92 Å². The number of hydrogen-bond acceptors (Lipinski definition) is 6. The first-order chi connectivity index (χ1) is 14.2. The number of fused-ring (bicyclic) bond motifs is 3. The number of non-ortho nitro benzene ring substituents is 1. The topological polar surface area (TPSA) is 83.7 Å². The van der Waals surface area contributed by atoms with Crippen LogP contribution in [0.25, 0.3) is 0 Å². The Bertz CT molecular complexity index is 1110. The Kier molecular flexibility index (Phi) is 4.01. The minimum Gasteiger partial charge on any atom is -0.354 e. The second-order valence-electron chi connectivity index (χ2n) is 7.13. The third kappa shape index (κ3) is 2.66. The number of nitro benzene ring substituents is 1. The Morgan fingerprint density at radius 1 is 1.03 bits per heavy atom. The van der Waals surface area contributed by atoms with Gasteiger partial charge in [-0.25, -0.2) is 0 Å². The molecule has 0 bridgehead atoms. The molecular formula is C22H19N5O2. The molecule has 7 nitrogen and oxygen atoms in total. The van der Waals surface area contributed by atoms with E-state index < -0.39 is 5.66 Å². The largest absolute Gasteiger partial charge is 0.354 e. The van der Waals surface area contributed by atoms with E-state index in [-0.39, 0.29) is 10.6 Å². The van der Waals surface area contributed by atoms with Gasteiger partial charge >= 0.3 is 0 Å². The van der Waals surface area contributed by atoms with E-state index in [2.05, 4.69) is 21.3 Å². The number of amidine groups is 1. The van der Waals surface area contributed by atoms with Gasteiger partial charge in [0.1, 0.15) is 5.84 Å². The molecule has 144 valence electrons. The fourth-order valence-electron chi connectivity index (χ4n) is 4.27. The van der Waals surface area contributed by atoms with Crippen molar-refractivity contribution in [2.75, 3.05) is 18.4 Å². The van der Waals surface area contributed by atoms with Crippen molar-refractivity contribution in [3.8, 4) is 0 Å². The summed E-state index contributed by atoms with van der Waals surface area (Å²) >= 11 is 0. The third-order valence-electron chi connectivity index (χ3n) is 5.52. The Morgan fingerprint density at radius 3 is 2.69 bits per heavy atom. The number of hydrogen-bond donors (Lipinski definition) is 1. The maximum absolute atomic E-state index is 11.5. The maximum Gasteiger partial charge on any atom is 0.269 e. The maximum atomic E-state index is 11.5. The Labute approximate surface area is 167 Å². The number of benzene rings is 2. The van der Waals surface area contributed by atoms with Crippen molar-refractivity contribution in [1.29, 1.82) is 0 Å². The van der Waals surface area contributed by atoms with Gasteiger partial charge in [-0.05, 0) is 30.7 Å². The van der Waals surface area contributed by atoms with E-state index in [1.165, 1.54) is 6.07 Å². The minimum atomic E-state index is -0.817. The molecule has 3 heterocycles. The van der Waals surface area contributed by atoms with Crippen molar-refractivity contribution in [3.63, 3.8) is 0 Å². The molecule has 0 aliphatic carbocycles. The predicted octanol–water partition coefficient (Wildman–Crippen LogP) is 3.77. The first kappa shape index (κ1) is 17.4. The Hall–Kier alpha value is -3.74. The van der Waals surface area contributed by atoms with E-state index in [9.17, 15) is 10.1 Å². The van der Waals surface area contributed by atoms with Crippen LogP contribution in [0.15, 0.2) is 78.0 Å². The van der Waals surface area contributed by atoms with E-state index in [1.807, 2.05) is 36.4 Å². The first-order valence-corrected chi connectivity index (χ1v) is 9.55. The van der Waals surface area contributed by atoms with E-state index in [4.69, 9.17) is 4.99 Å². The lowest BCUT2D eigenvalue weighted by Gasteiger charge is -2.52. The normalized spacial score (nSPS) is 20.1. The quantitative estimate of drug-likeness (QED) is 0.548. The van der Waals surface area contributed by atoms with Crippen LogP contribution < -0.4 is 5.32 Å². The summed E-state index contributed by atoms with van der Waals surface area (Å²) in [6.45, 7) is 1.55. The summed E-state index contributed by atoms with van der Waals surface area (Å²) in [6, 6.07) is 18.8. The number of aromatic nitrogens is 1. The molecular weight excluding hydrogens is 366 g/mol. The van der Waals surface area contributed by atoms with Gasteiger partial charge in [0.15, 0.2) is 5.66 Å². The number of rotatable bonds is 3. The molecule has 1 N–H and O–H groups in total. The highest BCUT2D eigenvalue weighted by Crippen LogP contribution is 2.44. The molecule has 2 aliphatic heterocycles. The van der Waals surface area contributed by atoms with E-state index in [0.29, 0.717) is 0 Å². The van der Waals surface area contributed by atoms with Crippen LogP contribution in [0.1, 0.15) is 23.1 Å². The van der Waals surface area contributed by atoms with Gasteiger partial charge in [-0.15, -0.1) is 0 Å². The van der Waals surface area contributed by atoms with Crippen molar-refractivity contribution in [2.24, 2.45) is 4.99 Å². The number of nitrogens with one attached hydrogen (secondary N) is 1. The lowest BCUT2D eigenvalue weighted by atomic mass is 9.85. The van der Waals surface area contributed by atoms with Gasteiger partial charge in [-0.1, -0.05) is 24.3 Å². The summed E-state index contributed by atoms with van der Waals surface area (Å²) < 4.78 is 0.